The maximum absolute atomic E-state index is 12.8. The van der Waals surface area contributed by atoms with Crippen LogP contribution in [0.1, 0.15) is 40.7 Å². The predicted octanol–water partition coefficient (Wildman–Crippen LogP) is 2.86. The van der Waals surface area contributed by atoms with E-state index in [4.69, 9.17) is 4.42 Å². The van der Waals surface area contributed by atoms with Crippen LogP contribution in [0, 0.1) is 5.92 Å². The fourth-order valence-electron chi connectivity index (χ4n) is 3.11. The molecule has 26 heavy (non-hydrogen) atoms. The molecule has 1 aliphatic rings. The van der Waals surface area contributed by atoms with E-state index in [1.165, 1.54) is 17.2 Å². The van der Waals surface area contributed by atoms with Gasteiger partial charge in [0.25, 0.3) is 11.8 Å². The number of piperidine rings is 1. The van der Waals surface area contributed by atoms with E-state index in [1.807, 2.05) is 6.92 Å². The first-order valence-electron chi connectivity index (χ1n) is 8.44. The molecule has 1 fully saturated rings. The van der Waals surface area contributed by atoms with Crippen molar-refractivity contribution in [3.63, 3.8) is 0 Å². The number of carbonyl (C=O) groups is 3. The first-order valence-corrected chi connectivity index (χ1v) is 8.44. The molecule has 2 unspecified atom stereocenters. The van der Waals surface area contributed by atoms with Crippen molar-refractivity contribution in [3.8, 4) is 0 Å². The van der Waals surface area contributed by atoms with Crippen molar-refractivity contribution in [3.05, 3.63) is 54.0 Å². The van der Waals surface area contributed by atoms with Crippen molar-refractivity contribution in [1.82, 2.24) is 4.90 Å². The Labute approximate surface area is 150 Å². The highest BCUT2D eigenvalue weighted by molar-refractivity contribution is 6.03. The number of aliphatic carboxylic acids is 1. The van der Waals surface area contributed by atoms with Gasteiger partial charge in [-0.2, -0.15) is 0 Å². The van der Waals surface area contributed by atoms with E-state index in [0.717, 1.165) is 6.42 Å². The minimum Gasteiger partial charge on any atom is -0.480 e. The third kappa shape index (κ3) is 3.77. The molecule has 1 aromatic carbocycles. The van der Waals surface area contributed by atoms with E-state index >= 15 is 0 Å². The zero-order valence-corrected chi connectivity index (χ0v) is 14.3. The minimum absolute atomic E-state index is 0.165. The highest BCUT2D eigenvalue weighted by Gasteiger charge is 2.35. The Morgan fingerprint density at radius 2 is 2.04 bits per heavy atom. The monoisotopic (exact) mass is 356 g/mol. The zero-order valence-electron chi connectivity index (χ0n) is 14.3. The lowest BCUT2D eigenvalue weighted by Gasteiger charge is -2.36. The van der Waals surface area contributed by atoms with Crippen molar-refractivity contribution in [2.24, 2.45) is 5.92 Å². The second-order valence-electron chi connectivity index (χ2n) is 6.49. The van der Waals surface area contributed by atoms with E-state index in [1.54, 1.807) is 30.3 Å². The Morgan fingerprint density at radius 3 is 2.73 bits per heavy atom. The molecule has 7 heteroatoms. The number of furan rings is 1. The SMILES string of the molecule is CC1CCN(C(=O)c2cccc(NC(=O)c3ccco3)c2)C(C(=O)O)C1. The van der Waals surface area contributed by atoms with Gasteiger partial charge in [-0.05, 0) is 49.1 Å². The van der Waals surface area contributed by atoms with Gasteiger partial charge >= 0.3 is 5.97 Å². The maximum Gasteiger partial charge on any atom is 0.326 e. The third-order valence-corrected chi connectivity index (χ3v) is 4.52. The fraction of sp³-hybridized carbons (Fsp3) is 0.316. The Morgan fingerprint density at radius 1 is 1.23 bits per heavy atom. The molecule has 1 saturated heterocycles. The standard InChI is InChI=1S/C19H20N2O5/c1-12-7-8-21(15(10-12)19(24)25)18(23)13-4-2-5-14(11-13)20-17(22)16-6-3-9-26-16/h2-6,9,11-12,15H,7-8,10H2,1H3,(H,20,22)(H,24,25). The zero-order chi connectivity index (χ0) is 18.7. The molecule has 0 aliphatic carbocycles. The number of likely N-dealkylation sites (tertiary alicyclic amines) is 1. The maximum atomic E-state index is 12.8. The quantitative estimate of drug-likeness (QED) is 0.877. The van der Waals surface area contributed by atoms with Gasteiger partial charge in [0.05, 0.1) is 6.26 Å². The van der Waals surface area contributed by atoms with Crippen molar-refractivity contribution < 1.29 is 23.9 Å². The molecule has 1 aromatic heterocycles. The molecule has 2 amide bonds. The van der Waals surface area contributed by atoms with Crippen LogP contribution in [0.15, 0.2) is 47.1 Å². The van der Waals surface area contributed by atoms with Crippen LogP contribution in [0.2, 0.25) is 0 Å². The van der Waals surface area contributed by atoms with Crippen molar-refractivity contribution in [1.29, 1.82) is 0 Å². The van der Waals surface area contributed by atoms with E-state index in [-0.39, 0.29) is 17.6 Å². The molecule has 2 N–H and O–H groups in total. The van der Waals surface area contributed by atoms with Gasteiger partial charge in [0.1, 0.15) is 6.04 Å². The van der Waals surface area contributed by atoms with Gasteiger partial charge in [0, 0.05) is 17.8 Å². The van der Waals surface area contributed by atoms with Crippen LogP contribution in [-0.4, -0.2) is 40.4 Å². The number of nitrogens with one attached hydrogen (secondary N) is 1. The lowest BCUT2D eigenvalue weighted by Crippen LogP contribution is -2.49. The molecular weight excluding hydrogens is 336 g/mol. The van der Waals surface area contributed by atoms with E-state index in [2.05, 4.69) is 5.32 Å². The number of hydrogen-bond donors (Lipinski definition) is 2. The van der Waals surface area contributed by atoms with Gasteiger partial charge in [0.15, 0.2) is 5.76 Å². The summed E-state index contributed by atoms with van der Waals surface area (Å²) in [6.45, 7) is 2.39. The molecule has 2 atom stereocenters. The summed E-state index contributed by atoms with van der Waals surface area (Å²) in [5, 5.41) is 12.1. The third-order valence-electron chi connectivity index (χ3n) is 4.52. The summed E-state index contributed by atoms with van der Waals surface area (Å²) in [5.41, 5.74) is 0.776. The van der Waals surface area contributed by atoms with Crippen LogP contribution in [0.25, 0.3) is 0 Å². The van der Waals surface area contributed by atoms with Gasteiger partial charge in [0.2, 0.25) is 0 Å². The molecule has 3 rings (SSSR count). The molecule has 0 radical (unpaired) electrons. The lowest BCUT2D eigenvalue weighted by atomic mass is 9.92. The predicted molar refractivity (Wildman–Crippen MR) is 94.0 cm³/mol. The van der Waals surface area contributed by atoms with Crippen LogP contribution in [0.3, 0.4) is 0 Å². The minimum atomic E-state index is -0.993. The number of amides is 2. The number of carbonyl (C=O) groups excluding carboxylic acids is 2. The van der Waals surface area contributed by atoms with E-state index in [0.29, 0.717) is 24.2 Å². The van der Waals surface area contributed by atoms with Crippen molar-refractivity contribution in [2.45, 2.75) is 25.8 Å². The molecule has 0 saturated carbocycles. The molecular formula is C19H20N2O5. The summed E-state index contributed by atoms with van der Waals surface area (Å²) in [6, 6.07) is 8.78. The number of anilines is 1. The summed E-state index contributed by atoms with van der Waals surface area (Å²) in [6.07, 6.45) is 2.61. The highest BCUT2D eigenvalue weighted by Crippen LogP contribution is 2.25. The largest absolute Gasteiger partial charge is 0.480 e. The molecule has 2 aromatic rings. The average molecular weight is 356 g/mol. The summed E-state index contributed by atoms with van der Waals surface area (Å²) < 4.78 is 5.04. The van der Waals surface area contributed by atoms with Gasteiger partial charge in [-0.3, -0.25) is 9.59 Å². The average Bonchev–Trinajstić information content (AvgIpc) is 3.16. The Bertz CT molecular complexity index is 815. The first kappa shape index (κ1) is 17.7. The van der Waals surface area contributed by atoms with Crippen LogP contribution in [0.4, 0.5) is 5.69 Å². The summed E-state index contributed by atoms with van der Waals surface area (Å²) in [7, 11) is 0. The lowest BCUT2D eigenvalue weighted by molar-refractivity contribution is -0.144. The number of carboxylic acids is 1. The Hall–Kier alpha value is -3.09. The molecule has 0 spiro atoms. The van der Waals surface area contributed by atoms with Gasteiger partial charge in [-0.25, -0.2) is 4.79 Å². The highest BCUT2D eigenvalue weighted by atomic mass is 16.4. The van der Waals surface area contributed by atoms with Crippen LogP contribution >= 0.6 is 0 Å². The first-order chi connectivity index (χ1) is 12.5. The normalized spacial score (nSPS) is 19.8. The van der Waals surface area contributed by atoms with Gasteiger partial charge in [-0.15, -0.1) is 0 Å². The number of carboxylic acid groups (broad SMARTS) is 1. The van der Waals surface area contributed by atoms with Crippen LogP contribution < -0.4 is 5.32 Å². The smallest absolute Gasteiger partial charge is 0.326 e. The number of nitrogens with zero attached hydrogens (tertiary/aromatic N) is 1. The number of benzene rings is 1. The van der Waals surface area contributed by atoms with Crippen LogP contribution in [0.5, 0.6) is 0 Å². The summed E-state index contributed by atoms with van der Waals surface area (Å²) >= 11 is 0. The molecule has 136 valence electrons. The fourth-order valence-corrected chi connectivity index (χ4v) is 3.11. The Balaban J connectivity index is 1.77. The van der Waals surface area contributed by atoms with Crippen LogP contribution in [-0.2, 0) is 4.79 Å². The second kappa shape index (κ2) is 7.43. The second-order valence-corrected chi connectivity index (χ2v) is 6.49. The molecule has 7 nitrogen and oxygen atoms in total. The number of rotatable bonds is 4. The van der Waals surface area contributed by atoms with E-state index < -0.39 is 17.9 Å². The van der Waals surface area contributed by atoms with Crippen molar-refractivity contribution >= 4 is 23.5 Å². The number of hydrogen-bond acceptors (Lipinski definition) is 4. The van der Waals surface area contributed by atoms with Gasteiger partial charge in [-0.1, -0.05) is 13.0 Å². The van der Waals surface area contributed by atoms with Gasteiger partial charge < -0.3 is 19.7 Å². The molecule has 2 heterocycles. The Kier molecular flexibility index (Phi) is 5.06. The molecule has 1 aliphatic heterocycles. The van der Waals surface area contributed by atoms with E-state index in [9.17, 15) is 19.5 Å². The van der Waals surface area contributed by atoms with Crippen molar-refractivity contribution in [2.75, 3.05) is 11.9 Å². The molecule has 0 bridgehead atoms. The summed E-state index contributed by atoms with van der Waals surface area (Å²) in [4.78, 5) is 37.8. The summed E-state index contributed by atoms with van der Waals surface area (Å²) in [5.74, 6) is -1.34. The topological polar surface area (TPSA) is 99.9 Å².